The van der Waals surface area contributed by atoms with E-state index in [1.165, 1.54) is 5.56 Å². The summed E-state index contributed by atoms with van der Waals surface area (Å²) in [6, 6.07) is 15.4. The van der Waals surface area contributed by atoms with Gasteiger partial charge in [0.1, 0.15) is 0 Å². The molecule has 1 fully saturated rings. The van der Waals surface area contributed by atoms with Crippen LogP contribution >= 0.6 is 0 Å². The van der Waals surface area contributed by atoms with Crippen LogP contribution in [0.1, 0.15) is 47.2 Å². The highest BCUT2D eigenvalue weighted by molar-refractivity contribution is 7.92. The standard InChI is InChI=1S/C21H26N2O3S/c1-16-10-11-17(14-19(16)23-27(2,25)26)20(24)22-15-21(12-6-7-13-21)18-8-4-3-5-9-18/h3-5,8-11,14,23H,6-7,12-13,15H2,1-2H3,(H,22,24). The smallest absolute Gasteiger partial charge is 0.251 e. The van der Waals surface area contributed by atoms with E-state index in [2.05, 4.69) is 22.2 Å². The Morgan fingerprint density at radius 1 is 1.07 bits per heavy atom. The van der Waals surface area contributed by atoms with Crippen molar-refractivity contribution in [3.63, 3.8) is 0 Å². The van der Waals surface area contributed by atoms with Crippen molar-refractivity contribution in [3.8, 4) is 0 Å². The van der Waals surface area contributed by atoms with Gasteiger partial charge >= 0.3 is 0 Å². The molecule has 27 heavy (non-hydrogen) atoms. The van der Waals surface area contributed by atoms with Crippen LogP contribution in [-0.2, 0) is 15.4 Å². The average molecular weight is 387 g/mol. The van der Waals surface area contributed by atoms with Crippen LogP contribution in [-0.4, -0.2) is 27.1 Å². The molecule has 0 radical (unpaired) electrons. The molecule has 0 aromatic heterocycles. The molecule has 0 unspecified atom stereocenters. The van der Waals surface area contributed by atoms with Gasteiger partial charge in [0.25, 0.3) is 5.91 Å². The minimum absolute atomic E-state index is 0.0184. The van der Waals surface area contributed by atoms with Crippen LogP contribution in [0.5, 0.6) is 0 Å². The second-order valence-electron chi connectivity index (χ2n) is 7.44. The largest absolute Gasteiger partial charge is 0.351 e. The van der Waals surface area contributed by atoms with Crippen LogP contribution in [0.25, 0.3) is 0 Å². The molecular weight excluding hydrogens is 360 g/mol. The third-order valence-electron chi connectivity index (χ3n) is 5.33. The van der Waals surface area contributed by atoms with Gasteiger partial charge in [0.05, 0.1) is 11.9 Å². The van der Waals surface area contributed by atoms with Crippen LogP contribution < -0.4 is 10.0 Å². The lowest BCUT2D eigenvalue weighted by Gasteiger charge is -2.30. The number of aryl methyl sites for hydroxylation is 1. The quantitative estimate of drug-likeness (QED) is 0.796. The Morgan fingerprint density at radius 2 is 1.74 bits per heavy atom. The molecule has 0 spiro atoms. The fourth-order valence-corrected chi connectivity index (χ4v) is 4.45. The van der Waals surface area contributed by atoms with E-state index in [1.54, 1.807) is 25.1 Å². The fourth-order valence-electron chi connectivity index (χ4n) is 3.84. The molecule has 144 valence electrons. The Bertz CT molecular complexity index is 918. The molecule has 1 saturated carbocycles. The summed E-state index contributed by atoms with van der Waals surface area (Å²) in [6.45, 7) is 2.39. The van der Waals surface area contributed by atoms with Crippen molar-refractivity contribution in [2.75, 3.05) is 17.5 Å². The van der Waals surface area contributed by atoms with Crippen LogP contribution in [0.4, 0.5) is 5.69 Å². The van der Waals surface area contributed by atoms with E-state index < -0.39 is 10.0 Å². The van der Waals surface area contributed by atoms with Crippen LogP contribution in [0.15, 0.2) is 48.5 Å². The Morgan fingerprint density at radius 3 is 2.37 bits per heavy atom. The van der Waals surface area contributed by atoms with Gasteiger partial charge in [-0.25, -0.2) is 8.42 Å². The lowest BCUT2D eigenvalue weighted by atomic mass is 9.79. The summed E-state index contributed by atoms with van der Waals surface area (Å²) in [5.74, 6) is -0.186. The second kappa shape index (κ2) is 7.72. The van der Waals surface area contributed by atoms with Gasteiger partial charge in [-0.05, 0) is 43.0 Å². The van der Waals surface area contributed by atoms with Gasteiger partial charge in [-0.3, -0.25) is 9.52 Å². The summed E-state index contributed by atoms with van der Waals surface area (Å²) >= 11 is 0. The molecular formula is C21H26N2O3S. The fraction of sp³-hybridized carbons (Fsp3) is 0.381. The van der Waals surface area contributed by atoms with Crippen molar-refractivity contribution in [3.05, 3.63) is 65.2 Å². The maximum Gasteiger partial charge on any atom is 0.251 e. The first-order valence-electron chi connectivity index (χ1n) is 9.21. The summed E-state index contributed by atoms with van der Waals surface area (Å²) in [5, 5.41) is 3.07. The van der Waals surface area contributed by atoms with Crippen LogP contribution in [0.2, 0.25) is 0 Å². The molecule has 5 nitrogen and oxygen atoms in total. The van der Waals surface area contributed by atoms with Crippen LogP contribution in [0.3, 0.4) is 0 Å². The molecule has 2 aromatic carbocycles. The Hall–Kier alpha value is -2.34. The van der Waals surface area contributed by atoms with E-state index in [4.69, 9.17) is 0 Å². The topological polar surface area (TPSA) is 75.3 Å². The van der Waals surface area contributed by atoms with Crippen molar-refractivity contribution < 1.29 is 13.2 Å². The van der Waals surface area contributed by atoms with E-state index in [-0.39, 0.29) is 11.3 Å². The number of anilines is 1. The summed E-state index contributed by atoms with van der Waals surface area (Å²) in [7, 11) is -3.40. The predicted molar refractivity (Wildman–Crippen MR) is 109 cm³/mol. The number of benzene rings is 2. The number of hydrogen-bond donors (Lipinski definition) is 2. The molecule has 0 saturated heterocycles. The normalized spacial score (nSPS) is 16.1. The number of nitrogens with one attached hydrogen (secondary N) is 2. The van der Waals surface area contributed by atoms with Gasteiger partial charge in [-0.1, -0.05) is 49.2 Å². The van der Waals surface area contributed by atoms with E-state index in [0.717, 1.165) is 37.5 Å². The minimum atomic E-state index is -3.40. The monoisotopic (exact) mass is 386 g/mol. The van der Waals surface area contributed by atoms with Gasteiger partial charge in [0, 0.05) is 17.5 Å². The molecule has 1 amide bonds. The Balaban J connectivity index is 1.76. The Kier molecular flexibility index (Phi) is 5.56. The lowest BCUT2D eigenvalue weighted by Crippen LogP contribution is -2.39. The van der Waals surface area contributed by atoms with Gasteiger partial charge in [-0.15, -0.1) is 0 Å². The molecule has 1 aliphatic carbocycles. The Labute approximate surface area is 161 Å². The van der Waals surface area contributed by atoms with E-state index >= 15 is 0 Å². The molecule has 0 atom stereocenters. The molecule has 6 heteroatoms. The molecule has 0 heterocycles. The second-order valence-corrected chi connectivity index (χ2v) is 9.19. The van der Waals surface area contributed by atoms with Crippen LogP contribution in [0, 0.1) is 6.92 Å². The molecule has 0 aliphatic heterocycles. The van der Waals surface area contributed by atoms with Gasteiger partial charge in [0.2, 0.25) is 10.0 Å². The summed E-state index contributed by atoms with van der Waals surface area (Å²) in [4.78, 5) is 12.7. The number of rotatable bonds is 6. The minimum Gasteiger partial charge on any atom is -0.351 e. The first-order valence-corrected chi connectivity index (χ1v) is 11.1. The van der Waals surface area contributed by atoms with Gasteiger partial charge in [-0.2, -0.15) is 0 Å². The highest BCUT2D eigenvalue weighted by Crippen LogP contribution is 2.40. The average Bonchev–Trinajstić information content (AvgIpc) is 3.11. The van der Waals surface area contributed by atoms with E-state index in [1.807, 2.05) is 18.2 Å². The molecule has 0 bridgehead atoms. The maximum absolute atomic E-state index is 12.7. The summed E-state index contributed by atoms with van der Waals surface area (Å²) in [5.41, 5.74) is 2.91. The summed E-state index contributed by atoms with van der Waals surface area (Å²) < 4.78 is 25.5. The summed E-state index contributed by atoms with van der Waals surface area (Å²) in [6.07, 6.45) is 5.55. The predicted octanol–water partition coefficient (Wildman–Crippen LogP) is 3.61. The first kappa shape index (κ1) is 19.4. The highest BCUT2D eigenvalue weighted by atomic mass is 32.2. The van der Waals surface area contributed by atoms with Crippen molar-refractivity contribution in [2.24, 2.45) is 0 Å². The third-order valence-corrected chi connectivity index (χ3v) is 5.92. The third kappa shape index (κ3) is 4.69. The number of sulfonamides is 1. The van der Waals surface area contributed by atoms with Crippen molar-refractivity contribution in [1.29, 1.82) is 0 Å². The number of carbonyl (C=O) groups is 1. The van der Waals surface area contributed by atoms with Gasteiger partial charge < -0.3 is 5.32 Å². The number of carbonyl (C=O) groups excluding carboxylic acids is 1. The number of amides is 1. The zero-order valence-corrected chi connectivity index (χ0v) is 16.6. The lowest BCUT2D eigenvalue weighted by molar-refractivity contribution is 0.0943. The molecule has 1 aliphatic rings. The molecule has 2 N–H and O–H groups in total. The molecule has 3 rings (SSSR count). The first-order chi connectivity index (χ1) is 12.8. The number of hydrogen-bond acceptors (Lipinski definition) is 3. The zero-order valence-electron chi connectivity index (χ0n) is 15.8. The maximum atomic E-state index is 12.7. The van der Waals surface area contributed by atoms with Crippen molar-refractivity contribution in [1.82, 2.24) is 5.32 Å². The highest BCUT2D eigenvalue weighted by Gasteiger charge is 2.35. The van der Waals surface area contributed by atoms with E-state index in [0.29, 0.717) is 17.8 Å². The van der Waals surface area contributed by atoms with E-state index in [9.17, 15) is 13.2 Å². The van der Waals surface area contributed by atoms with Gasteiger partial charge in [0.15, 0.2) is 0 Å². The molecule has 2 aromatic rings. The van der Waals surface area contributed by atoms with Crippen molar-refractivity contribution >= 4 is 21.6 Å². The van der Waals surface area contributed by atoms with Crippen molar-refractivity contribution in [2.45, 2.75) is 38.0 Å². The zero-order chi connectivity index (χ0) is 19.5. The SMILES string of the molecule is Cc1ccc(C(=O)NCC2(c3ccccc3)CCCC2)cc1NS(C)(=O)=O.